The van der Waals surface area contributed by atoms with E-state index in [9.17, 15) is 4.79 Å². The Morgan fingerprint density at radius 3 is 2.38 bits per heavy atom. The van der Waals surface area contributed by atoms with E-state index in [0.717, 1.165) is 12.8 Å². The molecule has 1 saturated heterocycles. The molecule has 0 aliphatic carbocycles. The lowest BCUT2D eigenvalue weighted by Gasteiger charge is -2.37. The van der Waals surface area contributed by atoms with E-state index in [2.05, 4.69) is 26.1 Å². The van der Waals surface area contributed by atoms with Crippen LogP contribution >= 0.6 is 11.6 Å². The Kier molecular flexibility index (Phi) is 4.62. The van der Waals surface area contributed by atoms with Crippen molar-refractivity contribution in [2.75, 3.05) is 19.1 Å². The SMILES string of the molecule is CC(C)(C)CC(=O)NC1(CCl)CCOCC1. The van der Waals surface area contributed by atoms with Crippen molar-refractivity contribution in [3.63, 3.8) is 0 Å². The molecule has 0 aromatic rings. The first-order valence-electron chi connectivity index (χ1n) is 5.82. The van der Waals surface area contributed by atoms with E-state index in [4.69, 9.17) is 16.3 Å². The van der Waals surface area contributed by atoms with Crippen LogP contribution in [0.1, 0.15) is 40.0 Å². The monoisotopic (exact) mass is 247 g/mol. The fraction of sp³-hybridized carbons (Fsp3) is 0.917. The van der Waals surface area contributed by atoms with E-state index in [-0.39, 0.29) is 16.9 Å². The van der Waals surface area contributed by atoms with Crippen molar-refractivity contribution in [2.45, 2.75) is 45.6 Å². The lowest BCUT2D eigenvalue weighted by atomic mass is 9.89. The zero-order chi connectivity index (χ0) is 12.2. The first-order chi connectivity index (χ1) is 7.37. The predicted molar refractivity (Wildman–Crippen MR) is 65.7 cm³/mol. The van der Waals surface area contributed by atoms with Crippen molar-refractivity contribution < 1.29 is 9.53 Å². The summed E-state index contributed by atoms with van der Waals surface area (Å²) in [6, 6.07) is 0. The number of halogens is 1. The van der Waals surface area contributed by atoms with Crippen LogP contribution < -0.4 is 5.32 Å². The third-order valence-corrected chi connectivity index (χ3v) is 3.31. The van der Waals surface area contributed by atoms with E-state index in [1.807, 2.05) is 0 Å². The molecule has 1 heterocycles. The number of carbonyl (C=O) groups is 1. The van der Waals surface area contributed by atoms with Gasteiger partial charge in [-0.15, -0.1) is 11.6 Å². The topological polar surface area (TPSA) is 38.3 Å². The van der Waals surface area contributed by atoms with Gasteiger partial charge >= 0.3 is 0 Å². The molecular weight excluding hydrogens is 226 g/mol. The summed E-state index contributed by atoms with van der Waals surface area (Å²) in [6.07, 6.45) is 2.16. The number of ether oxygens (including phenoxy) is 1. The second kappa shape index (κ2) is 5.37. The number of nitrogens with one attached hydrogen (secondary N) is 1. The van der Waals surface area contributed by atoms with Gasteiger partial charge in [0.2, 0.25) is 5.91 Å². The van der Waals surface area contributed by atoms with Gasteiger partial charge in [0.05, 0.1) is 5.54 Å². The summed E-state index contributed by atoms with van der Waals surface area (Å²) in [5.74, 6) is 0.557. The van der Waals surface area contributed by atoms with Gasteiger partial charge in [-0.1, -0.05) is 20.8 Å². The Morgan fingerprint density at radius 1 is 1.38 bits per heavy atom. The van der Waals surface area contributed by atoms with Crippen molar-refractivity contribution in [2.24, 2.45) is 5.41 Å². The minimum atomic E-state index is -0.248. The molecule has 0 bridgehead atoms. The van der Waals surface area contributed by atoms with E-state index in [1.54, 1.807) is 0 Å². The molecule has 0 aromatic heterocycles. The highest BCUT2D eigenvalue weighted by Gasteiger charge is 2.33. The third-order valence-electron chi connectivity index (χ3n) is 2.80. The Labute approximate surface area is 103 Å². The highest BCUT2D eigenvalue weighted by molar-refractivity contribution is 6.18. The van der Waals surface area contributed by atoms with Crippen molar-refractivity contribution in [1.29, 1.82) is 0 Å². The highest BCUT2D eigenvalue weighted by Crippen LogP contribution is 2.24. The molecular formula is C12H22ClNO2. The molecule has 1 rings (SSSR count). The second-order valence-electron chi connectivity index (χ2n) is 5.81. The van der Waals surface area contributed by atoms with Gasteiger partial charge in [0.15, 0.2) is 0 Å². The largest absolute Gasteiger partial charge is 0.381 e. The van der Waals surface area contributed by atoms with Crippen LogP contribution in [0.2, 0.25) is 0 Å². The molecule has 1 aliphatic rings. The number of rotatable bonds is 3. The fourth-order valence-electron chi connectivity index (χ4n) is 1.88. The van der Waals surface area contributed by atoms with Gasteiger partial charge in [0.25, 0.3) is 0 Å². The molecule has 1 aliphatic heterocycles. The maximum Gasteiger partial charge on any atom is 0.220 e. The molecule has 0 atom stereocenters. The molecule has 1 N–H and O–H groups in total. The lowest BCUT2D eigenvalue weighted by Crippen LogP contribution is -2.53. The molecule has 1 amide bonds. The van der Waals surface area contributed by atoms with Crippen LogP contribution in [0.5, 0.6) is 0 Å². The maximum absolute atomic E-state index is 11.9. The molecule has 0 aromatic carbocycles. The standard InChI is InChI=1S/C12H22ClNO2/c1-11(2,3)8-10(15)14-12(9-13)4-6-16-7-5-12/h4-9H2,1-3H3,(H,14,15). The average Bonchev–Trinajstić information content (AvgIpc) is 2.16. The number of hydrogen-bond donors (Lipinski definition) is 1. The maximum atomic E-state index is 11.9. The zero-order valence-corrected chi connectivity index (χ0v) is 11.2. The number of carbonyl (C=O) groups excluding carboxylic acids is 1. The molecule has 0 unspecified atom stereocenters. The predicted octanol–water partition coefficient (Wildman–Crippen LogP) is 2.33. The van der Waals surface area contributed by atoms with Crippen molar-refractivity contribution in [1.82, 2.24) is 5.32 Å². The van der Waals surface area contributed by atoms with Gasteiger partial charge in [-0.05, 0) is 18.3 Å². The van der Waals surface area contributed by atoms with E-state index >= 15 is 0 Å². The van der Waals surface area contributed by atoms with Crippen LogP contribution in [0.15, 0.2) is 0 Å². The minimum absolute atomic E-state index is 0.0166. The smallest absolute Gasteiger partial charge is 0.220 e. The van der Waals surface area contributed by atoms with Gasteiger partial charge in [0, 0.05) is 25.5 Å². The minimum Gasteiger partial charge on any atom is -0.381 e. The third kappa shape index (κ3) is 4.30. The van der Waals surface area contributed by atoms with E-state index < -0.39 is 0 Å². The summed E-state index contributed by atoms with van der Waals surface area (Å²) < 4.78 is 5.30. The van der Waals surface area contributed by atoms with Gasteiger partial charge in [-0.3, -0.25) is 4.79 Å². The fourth-order valence-corrected chi connectivity index (χ4v) is 2.21. The van der Waals surface area contributed by atoms with Crippen LogP contribution in [0.3, 0.4) is 0 Å². The van der Waals surface area contributed by atoms with Crippen molar-refractivity contribution in [3.05, 3.63) is 0 Å². The van der Waals surface area contributed by atoms with Crippen molar-refractivity contribution in [3.8, 4) is 0 Å². The Balaban J connectivity index is 2.52. The van der Waals surface area contributed by atoms with Crippen LogP contribution in [-0.2, 0) is 9.53 Å². The molecule has 94 valence electrons. The van der Waals surface area contributed by atoms with Gasteiger partial charge < -0.3 is 10.1 Å². The second-order valence-corrected chi connectivity index (χ2v) is 6.08. The summed E-state index contributed by atoms with van der Waals surface area (Å²) in [5.41, 5.74) is -0.231. The molecule has 0 spiro atoms. The molecule has 1 fully saturated rings. The number of alkyl halides is 1. The van der Waals surface area contributed by atoms with Crippen molar-refractivity contribution >= 4 is 17.5 Å². The summed E-state index contributed by atoms with van der Waals surface area (Å²) >= 11 is 5.98. The lowest BCUT2D eigenvalue weighted by molar-refractivity contribution is -0.125. The average molecular weight is 248 g/mol. The van der Waals surface area contributed by atoms with Crippen LogP contribution in [0.25, 0.3) is 0 Å². The molecule has 4 heteroatoms. The van der Waals surface area contributed by atoms with Gasteiger partial charge in [0.1, 0.15) is 0 Å². The van der Waals surface area contributed by atoms with Gasteiger partial charge in [-0.2, -0.15) is 0 Å². The molecule has 0 radical (unpaired) electrons. The Morgan fingerprint density at radius 2 is 1.94 bits per heavy atom. The van der Waals surface area contributed by atoms with Crippen LogP contribution in [0, 0.1) is 5.41 Å². The summed E-state index contributed by atoms with van der Waals surface area (Å²) in [7, 11) is 0. The van der Waals surface area contributed by atoms with E-state index in [0.29, 0.717) is 25.5 Å². The first kappa shape index (κ1) is 13.8. The zero-order valence-electron chi connectivity index (χ0n) is 10.4. The first-order valence-corrected chi connectivity index (χ1v) is 6.35. The molecule has 0 saturated carbocycles. The normalized spacial score (nSPS) is 20.5. The molecule has 3 nitrogen and oxygen atoms in total. The van der Waals surface area contributed by atoms with Crippen LogP contribution in [-0.4, -0.2) is 30.5 Å². The number of hydrogen-bond acceptors (Lipinski definition) is 2. The van der Waals surface area contributed by atoms with Gasteiger partial charge in [-0.25, -0.2) is 0 Å². The van der Waals surface area contributed by atoms with Crippen LogP contribution in [0.4, 0.5) is 0 Å². The highest BCUT2D eigenvalue weighted by atomic mass is 35.5. The summed E-state index contributed by atoms with van der Waals surface area (Å²) in [6.45, 7) is 7.54. The Hall–Kier alpha value is -0.280. The summed E-state index contributed by atoms with van der Waals surface area (Å²) in [5, 5.41) is 3.09. The Bertz CT molecular complexity index is 242. The molecule has 16 heavy (non-hydrogen) atoms. The summed E-state index contributed by atoms with van der Waals surface area (Å²) in [4.78, 5) is 11.9. The van der Waals surface area contributed by atoms with E-state index in [1.165, 1.54) is 0 Å². The quantitative estimate of drug-likeness (QED) is 0.778. The number of amides is 1.